The summed E-state index contributed by atoms with van der Waals surface area (Å²) in [4.78, 5) is 20.9. The Morgan fingerprint density at radius 2 is 1.02 bits per heavy atom. The highest BCUT2D eigenvalue weighted by Gasteiger charge is 2.22. The molecule has 0 saturated carbocycles. The molecule has 0 spiro atoms. The monoisotopic (exact) mass is 823 g/mol. The van der Waals surface area contributed by atoms with Crippen LogP contribution in [0.1, 0.15) is 11.4 Å². The van der Waals surface area contributed by atoms with Crippen molar-refractivity contribution in [3.63, 3.8) is 0 Å². The molecule has 0 amide bonds. The molecule has 0 unspecified atom stereocenters. The molecular formula is C57H37N5S. The maximum atomic E-state index is 5.51. The van der Waals surface area contributed by atoms with Gasteiger partial charge in [-0.3, -0.25) is 4.57 Å². The number of hydrogen-bond acceptors (Lipinski definition) is 5. The summed E-state index contributed by atoms with van der Waals surface area (Å²) < 4.78 is 4.92. The van der Waals surface area contributed by atoms with Crippen molar-refractivity contribution < 1.29 is 0 Å². The highest BCUT2D eigenvalue weighted by atomic mass is 32.1. The normalized spacial score (nSPS) is 11.6. The van der Waals surface area contributed by atoms with Crippen LogP contribution in [0.3, 0.4) is 0 Å². The molecule has 0 aliphatic heterocycles. The summed E-state index contributed by atoms with van der Waals surface area (Å²) in [5, 5.41) is 4.99. The Hall–Kier alpha value is -8.06. The number of thiophene rings is 1. The number of fused-ring (bicyclic) bond motifs is 7. The highest BCUT2D eigenvalue weighted by molar-refractivity contribution is 7.26. The zero-order chi connectivity index (χ0) is 41.7. The lowest BCUT2D eigenvalue weighted by Crippen LogP contribution is -2.08. The van der Waals surface area contributed by atoms with Crippen molar-refractivity contribution in [2.24, 2.45) is 0 Å². The number of nitrogens with zero attached hydrogens (tertiary/aromatic N) is 5. The van der Waals surface area contributed by atoms with Crippen LogP contribution in [0.25, 0.3) is 104 Å². The molecule has 4 heterocycles. The van der Waals surface area contributed by atoms with Gasteiger partial charge in [0.25, 0.3) is 0 Å². The van der Waals surface area contributed by atoms with Crippen LogP contribution in [-0.4, -0.2) is 24.5 Å². The van der Waals surface area contributed by atoms with Gasteiger partial charge >= 0.3 is 0 Å². The van der Waals surface area contributed by atoms with Crippen molar-refractivity contribution in [1.82, 2.24) is 24.5 Å². The Kier molecular flexibility index (Phi) is 9.01. The predicted molar refractivity (Wildman–Crippen MR) is 261 cm³/mol. The lowest BCUT2D eigenvalue weighted by atomic mass is 9.91. The van der Waals surface area contributed by atoms with Crippen LogP contribution in [0.2, 0.25) is 0 Å². The summed E-state index contributed by atoms with van der Waals surface area (Å²) >= 11 is 1.86. The molecule has 0 bridgehead atoms. The molecule has 0 saturated heterocycles. The third-order valence-corrected chi connectivity index (χ3v) is 13.2. The van der Waals surface area contributed by atoms with Crippen LogP contribution in [-0.2, 0) is 6.42 Å². The summed E-state index contributed by atoms with van der Waals surface area (Å²) in [6.45, 7) is 0. The van der Waals surface area contributed by atoms with Crippen LogP contribution in [0.4, 0.5) is 0 Å². The maximum absolute atomic E-state index is 5.51. The molecule has 0 aliphatic carbocycles. The third-order valence-electron chi connectivity index (χ3n) is 12.0. The second-order valence-corrected chi connectivity index (χ2v) is 16.8. The average Bonchev–Trinajstić information content (AvgIpc) is 3.91. The quantitative estimate of drug-likeness (QED) is 0.153. The molecule has 0 N–H and O–H groups in total. The molecule has 0 atom stereocenters. The first-order chi connectivity index (χ1) is 31.2. The maximum Gasteiger partial charge on any atom is 0.163 e. The van der Waals surface area contributed by atoms with Gasteiger partial charge in [0.15, 0.2) is 11.6 Å². The molecular weight excluding hydrogens is 787 g/mol. The molecule has 63 heavy (non-hydrogen) atoms. The van der Waals surface area contributed by atoms with E-state index < -0.39 is 0 Å². The second kappa shape index (κ2) is 15.4. The predicted octanol–water partition coefficient (Wildman–Crippen LogP) is 14.7. The zero-order valence-electron chi connectivity index (χ0n) is 34.1. The van der Waals surface area contributed by atoms with Gasteiger partial charge in [-0.1, -0.05) is 176 Å². The van der Waals surface area contributed by atoms with Crippen molar-refractivity contribution in [3.8, 4) is 62.0 Å². The number of pyridine rings is 1. The van der Waals surface area contributed by atoms with Gasteiger partial charge in [-0.05, 0) is 58.1 Å². The molecule has 12 rings (SSSR count). The van der Waals surface area contributed by atoms with E-state index in [9.17, 15) is 0 Å². The van der Waals surface area contributed by atoms with E-state index in [2.05, 4.69) is 174 Å². The summed E-state index contributed by atoms with van der Waals surface area (Å²) in [7, 11) is 0. The Morgan fingerprint density at radius 3 is 1.71 bits per heavy atom. The van der Waals surface area contributed by atoms with E-state index in [0.29, 0.717) is 23.9 Å². The van der Waals surface area contributed by atoms with Gasteiger partial charge in [-0.25, -0.2) is 19.9 Å². The van der Waals surface area contributed by atoms with E-state index >= 15 is 0 Å². The van der Waals surface area contributed by atoms with Gasteiger partial charge in [0.1, 0.15) is 11.6 Å². The smallest absolute Gasteiger partial charge is 0.163 e. The van der Waals surface area contributed by atoms with Crippen molar-refractivity contribution in [1.29, 1.82) is 0 Å². The van der Waals surface area contributed by atoms with E-state index in [1.807, 2.05) is 53.9 Å². The van der Waals surface area contributed by atoms with Gasteiger partial charge in [0, 0.05) is 65.8 Å². The molecule has 0 fully saturated rings. The minimum absolute atomic E-state index is 0.413. The van der Waals surface area contributed by atoms with E-state index in [1.54, 1.807) is 0 Å². The third kappa shape index (κ3) is 6.56. The van der Waals surface area contributed by atoms with E-state index in [4.69, 9.17) is 19.9 Å². The minimum Gasteiger partial charge on any atom is -0.293 e. The lowest BCUT2D eigenvalue weighted by Gasteiger charge is -2.17. The van der Waals surface area contributed by atoms with Crippen LogP contribution >= 0.6 is 11.3 Å². The SMILES string of the molecule is c1ccc(-c2ccc(-c3ccccc3)c(-c3cnc(-n4c5ccccc5c5c6sc7ccccc7c6ccc54)c(Cc4nc(-c5ccccc5)nc(-c5ccccc5)n4)c3)c2)cc1. The number of rotatable bonds is 8. The van der Waals surface area contributed by atoms with E-state index in [1.165, 1.54) is 30.9 Å². The van der Waals surface area contributed by atoms with Crippen molar-refractivity contribution in [2.45, 2.75) is 6.42 Å². The largest absolute Gasteiger partial charge is 0.293 e. The minimum atomic E-state index is 0.413. The van der Waals surface area contributed by atoms with Gasteiger partial charge in [-0.2, -0.15) is 0 Å². The standard InChI is InChI=1S/C57H37N5S/c1-5-17-37(18-6-1)41-29-30-44(38-19-7-2-8-20-38)48(34-41)43-33-42(35-52-59-55(39-21-9-3-10-22-39)61-56(60-52)40-23-11-4-12-24-40)57(58-36-43)62-49-27-15-13-26-47(49)53-50(62)32-31-46-45-25-14-16-28-51(45)63-54(46)53/h1-34,36H,35H2. The summed E-state index contributed by atoms with van der Waals surface area (Å²) in [5.74, 6) is 2.78. The highest BCUT2D eigenvalue weighted by Crippen LogP contribution is 2.44. The van der Waals surface area contributed by atoms with Gasteiger partial charge < -0.3 is 0 Å². The summed E-state index contributed by atoms with van der Waals surface area (Å²) in [5.41, 5.74) is 11.8. The average molecular weight is 824 g/mol. The molecule has 296 valence electrons. The fourth-order valence-corrected chi connectivity index (χ4v) is 10.3. The van der Waals surface area contributed by atoms with E-state index in [0.717, 1.165) is 66.9 Å². The first-order valence-corrected chi connectivity index (χ1v) is 22.0. The molecule has 6 heteroatoms. The van der Waals surface area contributed by atoms with Crippen molar-refractivity contribution >= 4 is 53.3 Å². The first kappa shape index (κ1) is 36.8. The van der Waals surface area contributed by atoms with Gasteiger partial charge in [0.05, 0.1) is 11.0 Å². The van der Waals surface area contributed by atoms with Crippen molar-refractivity contribution in [3.05, 3.63) is 224 Å². The molecule has 0 aliphatic rings. The Balaban J connectivity index is 1.12. The van der Waals surface area contributed by atoms with Gasteiger partial charge in [0.2, 0.25) is 0 Å². The number of aromatic nitrogens is 5. The zero-order valence-corrected chi connectivity index (χ0v) is 34.9. The second-order valence-electron chi connectivity index (χ2n) is 15.8. The molecule has 4 aromatic heterocycles. The number of para-hydroxylation sites is 1. The molecule has 5 nitrogen and oxygen atoms in total. The fraction of sp³-hybridized carbons (Fsp3) is 0.0175. The topological polar surface area (TPSA) is 56.5 Å². The van der Waals surface area contributed by atoms with Crippen LogP contribution in [0.5, 0.6) is 0 Å². The lowest BCUT2D eigenvalue weighted by molar-refractivity contribution is 0.914. The number of benzene rings is 8. The van der Waals surface area contributed by atoms with Crippen LogP contribution in [0.15, 0.2) is 212 Å². The molecule has 12 aromatic rings. The van der Waals surface area contributed by atoms with Crippen LogP contribution < -0.4 is 0 Å². The van der Waals surface area contributed by atoms with Crippen LogP contribution in [0, 0.1) is 0 Å². The van der Waals surface area contributed by atoms with Crippen molar-refractivity contribution in [2.75, 3.05) is 0 Å². The summed E-state index contributed by atoms with van der Waals surface area (Å²) in [6, 6.07) is 72.6. The molecule has 8 aromatic carbocycles. The first-order valence-electron chi connectivity index (χ1n) is 21.2. The Labute approximate surface area is 368 Å². The van der Waals surface area contributed by atoms with Gasteiger partial charge in [-0.15, -0.1) is 11.3 Å². The number of hydrogen-bond donors (Lipinski definition) is 0. The Bertz CT molecular complexity index is 3580. The summed E-state index contributed by atoms with van der Waals surface area (Å²) in [6.07, 6.45) is 2.46. The van der Waals surface area contributed by atoms with E-state index in [-0.39, 0.29) is 0 Å². The fourth-order valence-electron chi connectivity index (χ4n) is 9.01. The molecule has 0 radical (unpaired) electrons. The Morgan fingerprint density at radius 1 is 0.413 bits per heavy atom.